The van der Waals surface area contributed by atoms with Gasteiger partial charge in [-0.05, 0) is 51.8 Å². The number of nitrogens with zero attached hydrogens (tertiary/aromatic N) is 5. The summed E-state index contributed by atoms with van der Waals surface area (Å²) in [7, 11) is 0. The number of ether oxygens (including phenoxy) is 1. The van der Waals surface area contributed by atoms with E-state index in [1.807, 2.05) is 45.0 Å². The molecule has 5 rings (SSSR count). The van der Waals surface area contributed by atoms with Crippen LogP contribution >= 0.6 is 0 Å². The average molecular weight is 419 g/mol. The summed E-state index contributed by atoms with van der Waals surface area (Å²) in [5, 5.41) is 4.38. The Bertz CT molecular complexity index is 1200. The van der Waals surface area contributed by atoms with Crippen LogP contribution < -0.4 is 4.74 Å². The number of rotatable bonds is 2. The van der Waals surface area contributed by atoms with E-state index in [1.165, 1.54) is 0 Å². The van der Waals surface area contributed by atoms with Crippen molar-refractivity contribution in [2.45, 2.75) is 46.1 Å². The molecule has 1 amide bonds. The van der Waals surface area contributed by atoms with Crippen LogP contribution in [0.3, 0.4) is 0 Å². The number of aromatic nitrogens is 4. The maximum Gasteiger partial charge on any atom is 0.293 e. The van der Waals surface area contributed by atoms with Gasteiger partial charge in [-0.15, -0.1) is 5.10 Å². The lowest BCUT2D eigenvalue weighted by Gasteiger charge is -2.38. The third kappa shape index (κ3) is 3.56. The molecule has 160 valence electrons. The number of hydrogen-bond donors (Lipinski definition) is 0. The molecule has 0 N–H and O–H groups in total. The number of fused-ring (bicyclic) bond motifs is 2. The quantitative estimate of drug-likeness (QED) is 0.634. The molecule has 0 spiro atoms. The normalized spacial score (nSPS) is 21.1. The number of carbonyl (C=O) groups excluding carboxylic acids is 2. The highest BCUT2D eigenvalue weighted by Gasteiger charge is 2.36. The molecule has 8 nitrogen and oxygen atoms in total. The van der Waals surface area contributed by atoms with Gasteiger partial charge < -0.3 is 9.64 Å². The summed E-state index contributed by atoms with van der Waals surface area (Å²) in [5.41, 5.74) is 3.42. The Hall–Kier alpha value is -3.29. The van der Waals surface area contributed by atoms with E-state index in [0.29, 0.717) is 36.6 Å². The molecule has 2 aliphatic heterocycles. The van der Waals surface area contributed by atoms with Crippen molar-refractivity contribution in [2.75, 3.05) is 13.1 Å². The lowest BCUT2D eigenvalue weighted by atomic mass is 9.86. The average Bonchev–Trinajstić information content (AvgIpc) is 3.18. The highest BCUT2D eigenvalue weighted by molar-refractivity contribution is 6.00. The first-order valence-corrected chi connectivity index (χ1v) is 10.7. The molecule has 0 saturated carbocycles. The van der Waals surface area contributed by atoms with Gasteiger partial charge in [0.25, 0.3) is 11.7 Å². The second-order valence-corrected chi connectivity index (χ2v) is 8.62. The summed E-state index contributed by atoms with van der Waals surface area (Å²) >= 11 is 0. The van der Waals surface area contributed by atoms with Gasteiger partial charge in [0.2, 0.25) is 5.82 Å². The van der Waals surface area contributed by atoms with Gasteiger partial charge in [0.15, 0.2) is 5.78 Å². The molecule has 3 aromatic rings. The molecule has 0 aliphatic carbocycles. The minimum absolute atomic E-state index is 0.0928. The Morgan fingerprint density at radius 3 is 2.84 bits per heavy atom. The van der Waals surface area contributed by atoms with Crippen molar-refractivity contribution in [1.82, 2.24) is 24.5 Å². The fourth-order valence-corrected chi connectivity index (χ4v) is 4.62. The fourth-order valence-electron chi connectivity index (χ4n) is 4.62. The van der Waals surface area contributed by atoms with Crippen LogP contribution in [0, 0.1) is 26.7 Å². The van der Waals surface area contributed by atoms with E-state index in [1.54, 1.807) is 9.42 Å². The SMILES string of the molecule is Cc1ccc2c(c1)C(=O)C[C@H]([C@H]1CCCN(C(=O)c3nc4nc(C)cc(C)n4n3)C1)O2. The first kappa shape index (κ1) is 19.7. The number of carbonyl (C=O) groups is 2. The summed E-state index contributed by atoms with van der Waals surface area (Å²) in [5.74, 6) is 1.23. The van der Waals surface area contributed by atoms with Gasteiger partial charge in [-0.3, -0.25) is 9.59 Å². The Morgan fingerprint density at radius 2 is 2.00 bits per heavy atom. The lowest BCUT2D eigenvalue weighted by molar-refractivity contribution is 0.0402. The summed E-state index contributed by atoms with van der Waals surface area (Å²) in [4.78, 5) is 36.4. The highest BCUT2D eigenvalue weighted by Crippen LogP contribution is 2.34. The van der Waals surface area contributed by atoms with E-state index in [-0.39, 0.29) is 29.5 Å². The molecule has 0 radical (unpaired) electrons. The molecule has 1 saturated heterocycles. The molecule has 0 unspecified atom stereocenters. The first-order chi connectivity index (χ1) is 14.9. The van der Waals surface area contributed by atoms with E-state index in [4.69, 9.17) is 4.74 Å². The molecule has 31 heavy (non-hydrogen) atoms. The molecule has 2 aliphatic rings. The number of Topliss-reactive ketones (excluding diaryl/α,β-unsaturated/α-hetero) is 1. The van der Waals surface area contributed by atoms with Gasteiger partial charge in [0.1, 0.15) is 11.9 Å². The second-order valence-electron chi connectivity index (χ2n) is 8.62. The number of likely N-dealkylation sites (tertiary alicyclic amines) is 1. The molecule has 2 atom stereocenters. The van der Waals surface area contributed by atoms with Crippen LogP contribution in [0.2, 0.25) is 0 Å². The van der Waals surface area contributed by atoms with Crippen molar-refractivity contribution in [3.8, 4) is 5.75 Å². The second kappa shape index (κ2) is 7.44. The smallest absolute Gasteiger partial charge is 0.293 e. The fraction of sp³-hybridized carbons (Fsp3) is 0.435. The molecule has 4 heterocycles. The van der Waals surface area contributed by atoms with Crippen LogP contribution in [-0.2, 0) is 0 Å². The van der Waals surface area contributed by atoms with Crippen molar-refractivity contribution in [1.29, 1.82) is 0 Å². The number of ketones is 1. The first-order valence-electron chi connectivity index (χ1n) is 10.7. The number of hydrogen-bond acceptors (Lipinski definition) is 6. The van der Waals surface area contributed by atoms with Gasteiger partial charge in [-0.25, -0.2) is 9.50 Å². The molecule has 2 aromatic heterocycles. The van der Waals surface area contributed by atoms with Crippen LogP contribution in [0.25, 0.3) is 5.78 Å². The maximum absolute atomic E-state index is 13.1. The van der Waals surface area contributed by atoms with Crippen LogP contribution in [0.15, 0.2) is 24.3 Å². The zero-order chi connectivity index (χ0) is 21.7. The number of piperidine rings is 1. The van der Waals surface area contributed by atoms with Gasteiger partial charge in [0, 0.05) is 36.8 Å². The van der Waals surface area contributed by atoms with Crippen LogP contribution in [-0.4, -0.2) is 55.4 Å². The minimum atomic E-state index is -0.223. The zero-order valence-electron chi connectivity index (χ0n) is 18.0. The van der Waals surface area contributed by atoms with Gasteiger partial charge >= 0.3 is 0 Å². The molecule has 8 heteroatoms. The monoisotopic (exact) mass is 419 g/mol. The predicted molar refractivity (Wildman–Crippen MR) is 113 cm³/mol. The molecule has 0 bridgehead atoms. The Balaban J connectivity index is 1.35. The highest BCUT2D eigenvalue weighted by atomic mass is 16.5. The largest absolute Gasteiger partial charge is 0.489 e. The number of aryl methyl sites for hydroxylation is 3. The minimum Gasteiger partial charge on any atom is -0.489 e. The summed E-state index contributed by atoms with van der Waals surface area (Å²) in [6.45, 7) is 6.95. The molecule has 1 fully saturated rings. The third-order valence-electron chi connectivity index (χ3n) is 6.18. The Labute approximate surface area is 180 Å². The van der Waals surface area contributed by atoms with Crippen LogP contribution in [0.1, 0.15) is 57.2 Å². The number of amides is 1. The van der Waals surface area contributed by atoms with E-state index in [2.05, 4.69) is 15.1 Å². The third-order valence-corrected chi connectivity index (χ3v) is 6.18. The van der Waals surface area contributed by atoms with Crippen molar-refractivity contribution < 1.29 is 14.3 Å². The van der Waals surface area contributed by atoms with Crippen molar-refractivity contribution >= 4 is 17.5 Å². The van der Waals surface area contributed by atoms with Crippen LogP contribution in [0.4, 0.5) is 0 Å². The summed E-state index contributed by atoms with van der Waals surface area (Å²) < 4.78 is 7.80. The predicted octanol–water partition coefficient (Wildman–Crippen LogP) is 2.94. The van der Waals surface area contributed by atoms with Crippen molar-refractivity contribution in [3.05, 3.63) is 52.6 Å². The summed E-state index contributed by atoms with van der Waals surface area (Å²) in [6.07, 6.45) is 1.90. The maximum atomic E-state index is 13.1. The van der Waals surface area contributed by atoms with E-state index in [9.17, 15) is 9.59 Å². The Morgan fingerprint density at radius 1 is 1.16 bits per heavy atom. The van der Waals surface area contributed by atoms with Crippen LogP contribution in [0.5, 0.6) is 5.75 Å². The van der Waals surface area contributed by atoms with E-state index >= 15 is 0 Å². The zero-order valence-corrected chi connectivity index (χ0v) is 18.0. The number of benzene rings is 1. The Kier molecular flexibility index (Phi) is 4.72. The van der Waals surface area contributed by atoms with Gasteiger partial charge in [-0.2, -0.15) is 4.98 Å². The van der Waals surface area contributed by atoms with Gasteiger partial charge in [0.05, 0.1) is 5.56 Å². The summed E-state index contributed by atoms with van der Waals surface area (Å²) in [6, 6.07) is 7.62. The van der Waals surface area contributed by atoms with Crippen molar-refractivity contribution in [2.24, 2.45) is 5.92 Å². The standard InChI is InChI=1S/C23H25N5O3/c1-13-6-7-19-17(9-13)18(29)11-20(31-19)16-5-4-8-27(12-16)22(30)21-25-23-24-14(2)10-15(3)28(23)26-21/h6-7,9-10,16,20H,4-5,8,11-12H2,1-3H3/t16-,20+/m0/s1. The van der Waals surface area contributed by atoms with E-state index in [0.717, 1.165) is 29.8 Å². The van der Waals surface area contributed by atoms with Crippen molar-refractivity contribution in [3.63, 3.8) is 0 Å². The topological polar surface area (TPSA) is 89.7 Å². The van der Waals surface area contributed by atoms with Gasteiger partial charge in [-0.1, -0.05) is 11.6 Å². The lowest BCUT2D eigenvalue weighted by Crippen LogP contribution is -2.46. The van der Waals surface area contributed by atoms with E-state index < -0.39 is 0 Å². The molecular weight excluding hydrogens is 394 g/mol. The molecular formula is C23H25N5O3. The molecule has 1 aromatic carbocycles.